The van der Waals surface area contributed by atoms with E-state index in [-0.39, 0.29) is 14.0 Å². The van der Waals surface area contributed by atoms with E-state index >= 15 is 0 Å². The van der Waals surface area contributed by atoms with Gasteiger partial charge in [0.2, 0.25) is 0 Å². The van der Waals surface area contributed by atoms with Crippen molar-refractivity contribution in [3.8, 4) is 0 Å². The van der Waals surface area contributed by atoms with Gasteiger partial charge in [0.05, 0.1) is 6.10 Å². The average Bonchev–Trinajstić information content (AvgIpc) is 2.10. The third kappa shape index (κ3) is 2.44. The molecule has 1 aliphatic carbocycles. The fourth-order valence-corrected chi connectivity index (χ4v) is 4.78. The second-order valence-corrected chi connectivity index (χ2v) is 6.75. The number of rotatable bonds is 3. The van der Waals surface area contributed by atoms with Gasteiger partial charge in [-0.25, -0.2) is 0 Å². The molecule has 0 saturated heterocycles. The number of hydrogen-bond acceptors (Lipinski definition) is 1. The summed E-state index contributed by atoms with van der Waals surface area (Å²) >= 11 is 0. The van der Waals surface area contributed by atoms with Crippen LogP contribution in [0.5, 0.6) is 0 Å². The van der Waals surface area contributed by atoms with Crippen LogP contribution in [-0.2, 0) is 0 Å². The predicted molar refractivity (Wildman–Crippen MR) is 56.3 cm³/mol. The Balaban J connectivity index is 2.45. The smallest absolute Gasteiger partial charge is 0.0607 e. The lowest BCUT2D eigenvalue weighted by Gasteiger charge is -2.33. The van der Waals surface area contributed by atoms with E-state index in [1.54, 1.807) is 0 Å². The Labute approximate surface area is 77.3 Å². The van der Waals surface area contributed by atoms with E-state index in [1.165, 1.54) is 31.6 Å². The molecule has 0 heterocycles. The number of aliphatic hydroxyl groups is 1. The molecule has 1 nitrogen and oxygen atoms in total. The van der Waals surface area contributed by atoms with Crippen molar-refractivity contribution in [2.45, 2.75) is 51.3 Å². The van der Waals surface area contributed by atoms with Gasteiger partial charge in [-0.05, 0) is 25.2 Å². The van der Waals surface area contributed by atoms with Gasteiger partial charge in [0.25, 0.3) is 0 Å². The van der Waals surface area contributed by atoms with Crippen LogP contribution in [-0.4, -0.2) is 29.2 Å². The summed E-state index contributed by atoms with van der Waals surface area (Å²) in [5.41, 5.74) is 0.670. The molecule has 72 valence electrons. The Kier molecular flexibility index (Phi) is 4.53. The molecule has 0 aromatic heterocycles. The summed E-state index contributed by atoms with van der Waals surface area (Å²) in [4.78, 5) is 0. The molecule has 0 aliphatic heterocycles. The Morgan fingerprint density at radius 1 is 1.17 bits per heavy atom. The van der Waals surface area contributed by atoms with Crippen LogP contribution in [0, 0.1) is 0 Å². The molecule has 12 heavy (non-hydrogen) atoms. The van der Waals surface area contributed by atoms with Crippen LogP contribution in [0.15, 0.2) is 0 Å². The summed E-state index contributed by atoms with van der Waals surface area (Å²) in [5, 5.41) is 9.82. The van der Waals surface area contributed by atoms with Gasteiger partial charge in [-0.3, -0.25) is 0 Å². The summed E-state index contributed by atoms with van der Waals surface area (Å²) in [5.74, 6) is 0. The fraction of sp³-hybridized carbons (Fsp3) is 1.00. The lowest BCUT2D eigenvalue weighted by atomic mass is 9.97. The molecule has 2 unspecified atom stereocenters. The zero-order chi connectivity index (χ0) is 8.97. The molecule has 0 radical (unpaired) electrons. The van der Waals surface area contributed by atoms with Crippen LogP contribution in [0.4, 0.5) is 0 Å². The van der Waals surface area contributed by atoms with Gasteiger partial charge in [0.15, 0.2) is 0 Å². The minimum Gasteiger partial charge on any atom is -0.392 e. The van der Waals surface area contributed by atoms with Crippen molar-refractivity contribution in [3.63, 3.8) is 0 Å². The van der Waals surface area contributed by atoms with Crippen LogP contribution < -0.4 is 0 Å². The summed E-state index contributed by atoms with van der Waals surface area (Å²) in [6.07, 6.45) is 7.57. The Morgan fingerprint density at radius 2 is 1.75 bits per heavy atom. The minimum absolute atomic E-state index is 0.0322. The van der Waals surface area contributed by atoms with Crippen LogP contribution in [0.2, 0.25) is 0 Å². The van der Waals surface area contributed by atoms with E-state index in [0.29, 0.717) is 5.66 Å². The van der Waals surface area contributed by atoms with E-state index in [0.717, 1.165) is 6.42 Å². The fourth-order valence-electron chi connectivity index (χ4n) is 2.21. The van der Waals surface area contributed by atoms with E-state index in [4.69, 9.17) is 0 Å². The SMILES string of the molecule is CCP(CC)C1CCCCC1O. The topological polar surface area (TPSA) is 20.2 Å². The third-order valence-electron chi connectivity index (χ3n) is 2.98. The minimum atomic E-state index is 0.0322. The summed E-state index contributed by atoms with van der Waals surface area (Å²) in [7, 11) is 0.136. The third-order valence-corrected chi connectivity index (χ3v) is 6.14. The molecule has 1 fully saturated rings. The van der Waals surface area contributed by atoms with E-state index in [2.05, 4.69) is 13.8 Å². The van der Waals surface area contributed by atoms with E-state index in [9.17, 15) is 5.11 Å². The van der Waals surface area contributed by atoms with E-state index < -0.39 is 0 Å². The monoisotopic (exact) mass is 188 g/mol. The van der Waals surface area contributed by atoms with Gasteiger partial charge in [-0.1, -0.05) is 26.7 Å². The molecular weight excluding hydrogens is 167 g/mol. The lowest BCUT2D eigenvalue weighted by Crippen LogP contribution is -2.29. The maximum absolute atomic E-state index is 9.82. The molecule has 0 aromatic rings. The van der Waals surface area contributed by atoms with Crippen molar-refractivity contribution in [2.24, 2.45) is 0 Å². The molecule has 1 saturated carbocycles. The van der Waals surface area contributed by atoms with Gasteiger partial charge >= 0.3 is 0 Å². The summed E-state index contributed by atoms with van der Waals surface area (Å²) < 4.78 is 0. The Hall–Kier alpha value is 0.390. The highest BCUT2D eigenvalue weighted by atomic mass is 31.1. The Bertz CT molecular complexity index is 123. The van der Waals surface area contributed by atoms with E-state index in [1.807, 2.05) is 0 Å². The molecule has 1 aliphatic rings. The maximum Gasteiger partial charge on any atom is 0.0607 e. The highest BCUT2D eigenvalue weighted by molar-refractivity contribution is 7.58. The second-order valence-electron chi connectivity index (χ2n) is 3.64. The van der Waals surface area contributed by atoms with Crippen LogP contribution in [0.1, 0.15) is 39.5 Å². The number of aliphatic hydroxyl groups excluding tert-OH is 1. The Morgan fingerprint density at radius 3 is 2.25 bits per heavy atom. The summed E-state index contributed by atoms with van der Waals surface area (Å²) in [6.45, 7) is 4.55. The van der Waals surface area contributed by atoms with Gasteiger partial charge in [0.1, 0.15) is 0 Å². The largest absolute Gasteiger partial charge is 0.392 e. The van der Waals surface area contributed by atoms with Crippen molar-refractivity contribution in [2.75, 3.05) is 12.3 Å². The maximum atomic E-state index is 9.82. The molecule has 0 spiro atoms. The van der Waals surface area contributed by atoms with Crippen LogP contribution in [0.25, 0.3) is 0 Å². The molecule has 2 atom stereocenters. The van der Waals surface area contributed by atoms with Crippen LogP contribution >= 0.6 is 7.92 Å². The quantitative estimate of drug-likeness (QED) is 0.675. The highest BCUT2D eigenvalue weighted by Gasteiger charge is 2.27. The standard InChI is InChI=1S/C10H21OP/c1-3-12(4-2)10-8-6-5-7-9(10)11/h9-11H,3-8H2,1-2H3. The van der Waals surface area contributed by atoms with Crippen molar-refractivity contribution >= 4 is 7.92 Å². The van der Waals surface area contributed by atoms with Crippen molar-refractivity contribution < 1.29 is 5.11 Å². The summed E-state index contributed by atoms with van der Waals surface area (Å²) in [6, 6.07) is 0. The van der Waals surface area contributed by atoms with Crippen molar-refractivity contribution in [3.05, 3.63) is 0 Å². The molecular formula is C10H21OP. The first kappa shape index (κ1) is 10.5. The van der Waals surface area contributed by atoms with Gasteiger partial charge < -0.3 is 5.11 Å². The lowest BCUT2D eigenvalue weighted by molar-refractivity contribution is 0.135. The van der Waals surface area contributed by atoms with Gasteiger partial charge in [-0.15, -0.1) is 7.92 Å². The first-order chi connectivity index (χ1) is 5.79. The average molecular weight is 188 g/mol. The van der Waals surface area contributed by atoms with Crippen LogP contribution in [0.3, 0.4) is 0 Å². The first-order valence-electron chi connectivity index (χ1n) is 5.21. The molecule has 2 heteroatoms. The highest BCUT2D eigenvalue weighted by Crippen LogP contribution is 2.46. The zero-order valence-corrected chi connectivity index (χ0v) is 9.19. The van der Waals surface area contributed by atoms with Crippen molar-refractivity contribution in [1.82, 2.24) is 0 Å². The van der Waals surface area contributed by atoms with Crippen molar-refractivity contribution in [1.29, 1.82) is 0 Å². The van der Waals surface area contributed by atoms with Gasteiger partial charge in [0, 0.05) is 5.66 Å². The van der Waals surface area contributed by atoms with Gasteiger partial charge in [-0.2, -0.15) is 0 Å². The second kappa shape index (κ2) is 5.19. The predicted octanol–water partition coefficient (Wildman–Crippen LogP) is 2.81. The zero-order valence-electron chi connectivity index (χ0n) is 8.29. The number of hydrogen-bond donors (Lipinski definition) is 1. The molecule has 1 rings (SSSR count). The molecule has 0 bridgehead atoms. The molecule has 0 aromatic carbocycles. The first-order valence-corrected chi connectivity index (χ1v) is 6.99. The molecule has 1 N–H and O–H groups in total. The normalized spacial score (nSPS) is 31.0. The molecule has 0 amide bonds.